The van der Waals surface area contributed by atoms with Gasteiger partial charge in [-0.05, 0) is 137 Å². The Labute approximate surface area is 199 Å². The normalized spacial score (nSPS) is 33.4. The minimum absolute atomic E-state index is 0.492. The van der Waals surface area contributed by atoms with E-state index in [4.69, 9.17) is 5.26 Å². The lowest BCUT2D eigenvalue weighted by Crippen LogP contribution is -2.29. The zero-order chi connectivity index (χ0) is 23.2. The van der Waals surface area contributed by atoms with Gasteiger partial charge in [-0.15, -0.1) is 0 Å². The molecule has 0 unspecified atom stereocenters. The molecule has 3 aliphatic carbocycles. The molecule has 0 amide bonds. The van der Waals surface area contributed by atoms with Crippen LogP contribution in [0, 0.1) is 58.5 Å². The van der Waals surface area contributed by atoms with Gasteiger partial charge in [0.05, 0.1) is 0 Å². The molecule has 3 heteroatoms. The van der Waals surface area contributed by atoms with Gasteiger partial charge in [-0.25, -0.2) is 8.78 Å². The van der Waals surface area contributed by atoms with Crippen molar-refractivity contribution in [2.24, 2.45) is 35.5 Å². The minimum Gasteiger partial charge on any atom is -0.205 e. The maximum atomic E-state index is 13.8. The Bertz CT molecular complexity index is 848. The van der Waals surface area contributed by atoms with Crippen molar-refractivity contribution in [1.82, 2.24) is 0 Å². The van der Waals surface area contributed by atoms with E-state index in [0.717, 1.165) is 29.6 Å². The molecule has 0 aromatic heterocycles. The average Bonchev–Trinajstić information content (AvgIpc) is 2.84. The van der Waals surface area contributed by atoms with Gasteiger partial charge >= 0.3 is 0 Å². The molecule has 4 rings (SSSR count). The monoisotopic (exact) mass is 451 g/mol. The third kappa shape index (κ3) is 6.14. The Morgan fingerprint density at radius 1 is 0.697 bits per heavy atom. The van der Waals surface area contributed by atoms with Crippen LogP contribution in [0.2, 0.25) is 0 Å². The van der Waals surface area contributed by atoms with Crippen LogP contribution in [0.15, 0.2) is 30.4 Å². The minimum atomic E-state index is -0.776. The lowest BCUT2D eigenvalue weighted by molar-refractivity contribution is 0.112. The molecule has 0 saturated heterocycles. The van der Waals surface area contributed by atoms with E-state index in [1.807, 2.05) is 6.08 Å². The maximum absolute atomic E-state index is 13.8. The summed E-state index contributed by atoms with van der Waals surface area (Å²) in [7, 11) is 0. The third-order valence-electron chi connectivity index (χ3n) is 8.98. The molecule has 1 aromatic rings. The molecular weight excluding hydrogens is 412 g/mol. The lowest BCUT2D eigenvalue weighted by Gasteiger charge is -2.41. The van der Waals surface area contributed by atoms with Gasteiger partial charge in [0.1, 0.15) is 23.3 Å². The Balaban J connectivity index is 1.20. The molecule has 1 nitrogen and oxygen atoms in total. The molecule has 3 saturated carbocycles. The van der Waals surface area contributed by atoms with Crippen LogP contribution >= 0.6 is 0 Å². The molecule has 3 fully saturated rings. The SMILES string of the molecule is CC=CC1CCC(C2CCC(C3CCC(/C=C/c4cc(F)c(C#N)c(F)c4)CC3)CC2)CC1. The van der Waals surface area contributed by atoms with Crippen LogP contribution < -0.4 is 0 Å². The van der Waals surface area contributed by atoms with Gasteiger partial charge in [-0.2, -0.15) is 5.26 Å². The van der Waals surface area contributed by atoms with Crippen molar-refractivity contribution in [2.75, 3.05) is 0 Å². The summed E-state index contributed by atoms with van der Waals surface area (Å²) in [6.45, 7) is 2.15. The first kappa shape index (κ1) is 24.2. The zero-order valence-corrected chi connectivity index (χ0v) is 20.1. The van der Waals surface area contributed by atoms with Gasteiger partial charge in [-0.3, -0.25) is 0 Å². The van der Waals surface area contributed by atoms with E-state index in [2.05, 4.69) is 25.2 Å². The van der Waals surface area contributed by atoms with Crippen molar-refractivity contribution in [3.05, 3.63) is 53.1 Å². The van der Waals surface area contributed by atoms with E-state index in [1.54, 1.807) is 6.07 Å². The van der Waals surface area contributed by atoms with Crippen LogP contribution in [0.4, 0.5) is 8.78 Å². The first-order valence-electron chi connectivity index (χ1n) is 13.3. The largest absolute Gasteiger partial charge is 0.205 e. The Morgan fingerprint density at radius 2 is 1.09 bits per heavy atom. The number of nitrogens with zero attached hydrogens (tertiary/aromatic N) is 1. The van der Waals surface area contributed by atoms with E-state index in [-0.39, 0.29) is 0 Å². The molecule has 0 spiro atoms. The van der Waals surface area contributed by atoms with Crippen LogP contribution in [0.5, 0.6) is 0 Å². The second-order valence-corrected chi connectivity index (χ2v) is 10.9. The first-order valence-corrected chi connectivity index (χ1v) is 13.3. The summed E-state index contributed by atoms with van der Waals surface area (Å²) in [4.78, 5) is 0. The Hall–Kier alpha value is -1.95. The summed E-state index contributed by atoms with van der Waals surface area (Å²) in [5, 5.41) is 8.81. The van der Waals surface area contributed by atoms with E-state index < -0.39 is 17.2 Å². The van der Waals surface area contributed by atoms with Crippen molar-refractivity contribution in [3.8, 4) is 6.07 Å². The summed E-state index contributed by atoms with van der Waals surface area (Å²) in [5.74, 6) is 3.50. The molecule has 0 bridgehead atoms. The van der Waals surface area contributed by atoms with Crippen LogP contribution in [0.1, 0.15) is 95.1 Å². The molecule has 0 heterocycles. The number of hydrogen-bond acceptors (Lipinski definition) is 1. The van der Waals surface area contributed by atoms with Gasteiger partial charge in [0.25, 0.3) is 0 Å². The maximum Gasteiger partial charge on any atom is 0.144 e. The van der Waals surface area contributed by atoms with Crippen LogP contribution in [0.25, 0.3) is 6.08 Å². The molecule has 0 aliphatic heterocycles. The predicted octanol–water partition coefficient (Wildman–Crippen LogP) is 8.84. The smallest absolute Gasteiger partial charge is 0.144 e. The quantitative estimate of drug-likeness (QED) is 0.410. The van der Waals surface area contributed by atoms with Crippen LogP contribution in [-0.2, 0) is 0 Å². The standard InChI is InChI=1S/C30H39F2N/c1-2-3-21-6-10-24(11-7-21)26-14-16-27(17-15-26)25-12-8-22(9-13-25)4-5-23-18-29(31)28(20-33)30(32)19-23/h2-5,18-19,21-22,24-27H,6-17H2,1H3/b3-2?,5-4+. The van der Waals surface area contributed by atoms with Crippen molar-refractivity contribution in [1.29, 1.82) is 5.26 Å². The van der Waals surface area contributed by atoms with Crippen molar-refractivity contribution in [2.45, 2.75) is 84.0 Å². The predicted molar refractivity (Wildman–Crippen MR) is 131 cm³/mol. The topological polar surface area (TPSA) is 23.8 Å². The Kier molecular flexibility index (Phi) is 8.39. The molecule has 0 radical (unpaired) electrons. The van der Waals surface area contributed by atoms with Crippen LogP contribution in [-0.4, -0.2) is 0 Å². The number of hydrogen-bond donors (Lipinski definition) is 0. The zero-order valence-electron chi connectivity index (χ0n) is 20.1. The highest BCUT2D eigenvalue weighted by molar-refractivity contribution is 5.52. The fourth-order valence-electron chi connectivity index (χ4n) is 7.02. The van der Waals surface area contributed by atoms with E-state index in [0.29, 0.717) is 11.5 Å². The summed E-state index contributed by atoms with van der Waals surface area (Å²) in [6.07, 6.45) is 24.9. The number of benzene rings is 1. The molecule has 3 aliphatic rings. The van der Waals surface area contributed by atoms with Crippen molar-refractivity contribution in [3.63, 3.8) is 0 Å². The second-order valence-electron chi connectivity index (χ2n) is 10.9. The average molecular weight is 452 g/mol. The van der Waals surface area contributed by atoms with Gasteiger partial charge in [0.2, 0.25) is 0 Å². The number of nitriles is 1. The number of halogens is 2. The molecule has 1 aromatic carbocycles. The van der Waals surface area contributed by atoms with Gasteiger partial charge in [0, 0.05) is 0 Å². The van der Waals surface area contributed by atoms with E-state index >= 15 is 0 Å². The molecule has 0 N–H and O–H groups in total. The van der Waals surface area contributed by atoms with Gasteiger partial charge < -0.3 is 0 Å². The highest BCUT2D eigenvalue weighted by Gasteiger charge is 2.34. The summed E-state index contributed by atoms with van der Waals surface area (Å²) in [6, 6.07) is 4.10. The fraction of sp³-hybridized carbons (Fsp3) is 0.633. The van der Waals surface area contributed by atoms with Crippen molar-refractivity contribution < 1.29 is 8.78 Å². The summed E-state index contributed by atoms with van der Waals surface area (Å²) >= 11 is 0. The summed E-state index contributed by atoms with van der Waals surface area (Å²) < 4.78 is 27.7. The third-order valence-corrected chi connectivity index (χ3v) is 8.98. The fourth-order valence-corrected chi connectivity index (χ4v) is 7.02. The molecule has 0 atom stereocenters. The van der Waals surface area contributed by atoms with Crippen LogP contribution in [0.3, 0.4) is 0 Å². The number of allylic oxidation sites excluding steroid dienone is 3. The molecule has 178 valence electrons. The van der Waals surface area contributed by atoms with E-state index in [1.165, 1.54) is 89.2 Å². The highest BCUT2D eigenvalue weighted by atomic mass is 19.1. The lowest BCUT2D eigenvalue weighted by atomic mass is 9.65. The van der Waals surface area contributed by atoms with Crippen molar-refractivity contribution >= 4 is 6.08 Å². The summed E-state index contributed by atoms with van der Waals surface area (Å²) in [5.41, 5.74) is 0.00732. The molecule has 33 heavy (non-hydrogen) atoms. The van der Waals surface area contributed by atoms with Gasteiger partial charge in [-0.1, -0.05) is 24.3 Å². The number of rotatable bonds is 5. The first-order chi connectivity index (χ1) is 16.1. The Morgan fingerprint density at radius 3 is 1.48 bits per heavy atom. The molecular formula is C30H39F2N. The second kappa shape index (κ2) is 11.5. The highest BCUT2D eigenvalue weighted by Crippen LogP contribution is 2.46. The van der Waals surface area contributed by atoms with E-state index in [9.17, 15) is 8.78 Å². The van der Waals surface area contributed by atoms with Gasteiger partial charge in [0.15, 0.2) is 0 Å².